The van der Waals surface area contributed by atoms with Crippen LogP contribution < -0.4 is 16.0 Å². The second kappa shape index (κ2) is 7.28. The van der Waals surface area contributed by atoms with Gasteiger partial charge in [0.2, 0.25) is 10.0 Å². The minimum atomic E-state index is -3.74. The molecular formula is C17H22N4O5S. The van der Waals surface area contributed by atoms with Crippen molar-refractivity contribution < 1.29 is 22.8 Å². The van der Waals surface area contributed by atoms with Crippen LogP contribution in [-0.4, -0.2) is 61.0 Å². The summed E-state index contributed by atoms with van der Waals surface area (Å²) >= 11 is 0. The fourth-order valence-corrected chi connectivity index (χ4v) is 5.16. The molecule has 4 amide bonds. The Kier molecular flexibility index (Phi) is 5.20. The lowest BCUT2D eigenvalue weighted by atomic mass is 10.1. The molecule has 0 radical (unpaired) electrons. The molecule has 0 bridgehead atoms. The van der Waals surface area contributed by atoms with Gasteiger partial charge in [0.1, 0.15) is 5.54 Å². The Balaban J connectivity index is 1.56. The van der Waals surface area contributed by atoms with E-state index in [1.54, 1.807) is 24.3 Å². The first-order valence-electron chi connectivity index (χ1n) is 8.67. The molecule has 1 atom stereocenters. The average Bonchev–Trinajstić information content (AvgIpc) is 2.87. The van der Waals surface area contributed by atoms with Crippen LogP contribution in [0.15, 0.2) is 30.3 Å². The molecule has 0 aromatic heterocycles. The van der Waals surface area contributed by atoms with E-state index in [4.69, 9.17) is 0 Å². The van der Waals surface area contributed by atoms with Crippen molar-refractivity contribution in [1.82, 2.24) is 20.3 Å². The topological polar surface area (TPSA) is 125 Å². The quantitative estimate of drug-likeness (QED) is 0.597. The van der Waals surface area contributed by atoms with Gasteiger partial charge in [-0.05, 0) is 31.9 Å². The maximum absolute atomic E-state index is 12.7. The molecule has 2 saturated heterocycles. The van der Waals surface area contributed by atoms with Crippen LogP contribution in [0.2, 0.25) is 0 Å². The van der Waals surface area contributed by atoms with Crippen molar-refractivity contribution in [3.63, 3.8) is 0 Å². The van der Waals surface area contributed by atoms with Crippen molar-refractivity contribution in [2.75, 3.05) is 18.8 Å². The molecule has 0 unspecified atom stereocenters. The van der Waals surface area contributed by atoms with Crippen molar-refractivity contribution in [3.8, 4) is 0 Å². The number of rotatable bonds is 5. The highest BCUT2D eigenvalue weighted by Crippen LogP contribution is 2.20. The van der Waals surface area contributed by atoms with Crippen LogP contribution in [0.5, 0.6) is 0 Å². The van der Waals surface area contributed by atoms with Gasteiger partial charge in [0, 0.05) is 24.7 Å². The number of benzene rings is 1. The van der Waals surface area contributed by atoms with Gasteiger partial charge in [-0.1, -0.05) is 18.2 Å². The highest BCUT2D eigenvalue weighted by atomic mass is 32.2. The van der Waals surface area contributed by atoms with E-state index in [-0.39, 0.29) is 25.0 Å². The third kappa shape index (κ3) is 4.28. The molecule has 0 saturated carbocycles. The number of piperidine rings is 1. The number of urea groups is 1. The summed E-state index contributed by atoms with van der Waals surface area (Å²) in [6.45, 7) is 1.87. The zero-order valence-electron chi connectivity index (χ0n) is 14.9. The first kappa shape index (κ1) is 19.3. The van der Waals surface area contributed by atoms with Gasteiger partial charge >= 0.3 is 6.03 Å². The third-order valence-electron chi connectivity index (χ3n) is 4.81. The van der Waals surface area contributed by atoms with Crippen molar-refractivity contribution >= 4 is 27.9 Å². The van der Waals surface area contributed by atoms with Gasteiger partial charge < -0.3 is 10.6 Å². The van der Waals surface area contributed by atoms with Crippen LogP contribution in [-0.2, 0) is 14.8 Å². The van der Waals surface area contributed by atoms with Crippen LogP contribution in [0.4, 0.5) is 4.79 Å². The maximum Gasteiger partial charge on any atom is 0.322 e. The summed E-state index contributed by atoms with van der Waals surface area (Å²) in [4.78, 5) is 35.4. The molecule has 2 heterocycles. The Bertz CT molecular complexity index is 849. The van der Waals surface area contributed by atoms with Crippen LogP contribution in [0.1, 0.15) is 30.1 Å². The SMILES string of the molecule is C[C@@]1(CS(=O)(=O)N2CCC(NC(=O)c3ccccc3)CC2)NC(=O)NC1=O. The minimum Gasteiger partial charge on any atom is -0.349 e. The highest BCUT2D eigenvalue weighted by molar-refractivity contribution is 7.89. The largest absolute Gasteiger partial charge is 0.349 e. The maximum atomic E-state index is 12.7. The number of sulfonamides is 1. The first-order chi connectivity index (χ1) is 12.7. The molecule has 2 fully saturated rings. The number of nitrogens with zero attached hydrogens (tertiary/aromatic N) is 1. The number of nitrogens with one attached hydrogen (secondary N) is 3. The van der Waals surface area contributed by atoms with E-state index in [9.17, 15) is 22.8 Å². The number of carbonyl (C=O) groups is 3. The summed E-state index contributed by atoms with van der Waals surface area (Å²) in [6.07, 6.45) is 0.958. The van der Waals surface area contributed by atoms with Crippen molar-refractivity contribution in [1.29, 1.82) is 0 Å². The van der Waals surface area contributed by atoms with Gasteiger partial charge in [-0.25, -0.2) is 17.5 Å². The Morgan fingerprint density at radius 1 is 1.22 bits per heavy atom. The van der Waals surface area contributed by atoms with Gasteiger partial charge in [0.05, 0.1) is 5.75 Å². The Hall–Kier alpha value is -2.46. The predicted molar refractivity (Wildman–Crippen MR) is 97.4 cm³/mol. The standard InChI is InChI=1S/C17H22N4O5S/c1-17(15(23)19-16(24)20-17)11-27(25,26)21-9-7-13(8-10-21)18-14(22)12-5-3-2-4-6-12/h2-6,13H,7-11H2,1H3,(H,18,22)(H2,19,20,23,24)/t17-/m0/s1. The second-order valence-electron chi connectivity index (χ2n) is 7.01. The van der Waals surface area contributed by atoms with Crippen LogP contribution in [0, 0.1) is 0 Å². The first-order valence-corrected chi connectivity index (χ1v) is 10.3. The van der Waals surface area contributed by atoms with Crippen LogP contribution in [0.25, 0.3) is 0 Å². The summed E-state index contributed by atoms with van der Waals surface area (Å²) in [5.41, 5.74) is -0.919. The van der Waals surface area contributed by atoms with Gasteiger partial charge in [-0.2, -0.15) is 0 Å². The van der Waals surface area contributed by atoms with Crippen LogP contribution in [0.3, 0.4) is 0 Å². The van der Waals surface area contributed by atoms with Crippen molar-refractivity contribution in [3.05, 3.63) is 35.9 Å². The Morgan fingerprint density at radius 3 is 2.41 bits per heavy atom. The fourth-order valence-electron chi connectivity index (χ4n) is 3.27. The molecule has 3 N–H and O–H groups in total. The number of hydrogen-bond acceptors (Lipinski definition) is 5. The molecule has 0 aliphatic carbocycles. The predicted octanol–water partition coefficient (Wildman–Crippen LogP) is -0.191. The molecule has 2 aliphatic heterocycles. The zero-order valence-corrected chi connectivity index (χ0v) is 15.7. The molecule has 27 heavy (non-hydrogen) atoms. The van der Waals surface area contributed by atoms with E-state index in [1.165, 1.54) is 11.2 Å². The molecule has 1 aromatic carbocycles. The summed E-state index contributed by atoms with van der Waals surface area (Å²) in [5, 5.41) is 7.34. The molecule has 9 nitrogen and oxygen atoms in total. The van der Waals surface area contributed by atoms with E-state index in [1.807, 2.05) is 6.07 Å². The number of hydrogen-bond donors (Lipinski definition) is 3. The molecule has 10 heteroatoms. The third-order valence-corrected chi connectivity index (χ3v) is 6.90. The Labute approximate surface area is 157 Å². The second-order valence-corrected chi connectivity index (χ2v) is 8.98. The summed E-state index contributed by atoms with van der Waals surface area (Å²) in [6, 6.07) is 8.01. The van der Waals surface area contributed by atoms with Crippen LogP contribution >= 0.6 is 0 Å². The molecule has 2 aliphatic rings. The fraction of sp³-hybridized carbons (Fsp3) is 0.471. The summed E-state index contributed by atoms with van der Waals surface area (Å²) in [5.74, 6) is -1.34. The van der Waals surface area contributed by atoms with E-state index in [0.717, 1.165) is 0 Å². The van der Waals surface area contributed by atoms with Crippen molar-refractivity contribution in [2.24, 2.45) is 0 Å². The molecule has 1 aromatic rings. The van der Waals surface area contributed by atoms with Crippen molar-refractivity contribution in [2.45, 2.75) is 31.3 Å². The smallest absolute Gasteiger partial charge is 0.322 e. The zero-order chi connectivity index (χ0) is 19.7. The van der Waals surface area contributed by atoms with E-state index >= 15 is 0 Å². The van der Waals surface area contributed by atoms with Gasteiger partial charge in [0.15, 0.2) is 0 Å². The van der Waals surface area contributed by atoms with Gasteiger partial charge in [-0.15, -0.1) is 0 Å². The summed E-state index contributed by atoms with van der Waals surface area (Å²) in [7, 11) is -3.74. The molecule has 146 valence electrons. The summed E-state index contributed by atoms with van der Waals surface area (Å²) < 4.78 is 26.6. The lowest BCUT2D eigenvalue weighted by Crippen LogP contribution is -2.54. The number of amides is 4. The Morgan fingerprint density at radius 2 is 1.85 bits per heavy atom. The normalized spacial score (nSPS) is 24.3. The molecule has 3 rings (SSSR count). The highest BCUT2D eigenvalue weighted by Gasteiger charge is 2.46. The monoisotopic (exact) mass is 394 g/mol. The van der Waals surface area contributed by atoms with Gasteiger partial charge in [-0.3, -0.25) is 14.9 Å². The van der Waals surface area contributed by atoms with E-state index < -0.39 is 33.3 Å². The minimum absolute atomic E-state index is 0.116. The lowest BCUT2D eigenvalue weighted by Gasteiger charge is -2.33. The molecular weight excluding hydrogens is 372 g/mol. The van der Waals surface area contributed by atoms with Gasteiger partial charge in [0.25, 0.3) is 11.8 Å². The number of carbonyl (C=O) groups excluding carboxylic acids is 3. The van der Waals surface area contributed by atoms with E-state index in [2.05, 4.69) is 16.0 Å². The number of imide groups is 1. The molecule has 0 spiro atoms. The lowest BCUT2D eigenvalue weighted by molar-refractivity contribution is -0.122. The van der Waals surface area contributed by atoms with E-state index in [0.29, 0.717) is 18.4 Å². The average molecular weight is 394 g/mol.